The zero-order chi connectivity index (χ0) is 32.7. The Bertz CT molecular complexity index is 2760. The molecule has 0 fully saturated rings. The Morgan fingerprint density at radius 3 is 2.00 bits per heavy atom. The second-order valence-electron chi connectivity index (χ2n) is 13.7. The first-order valence-corrected chi connectivity index (χ1v) is 17.0. The number of anilines is 3. The second kappa shape index (κ2) is 10.4. The van der Waals surface area contributed by atoms with Crippen molar-refractivity contribution in [2.24, 2.45) is 0 Å². The van der Waals surface area contributed by atoms with E-state index in [0.29, 0.717) is 0 Å². The highest BCUT2D eigenvalue weighted by atomic mass is 16.3. The van der Waals surface area contributed by atoms with E-state index >= 15 is 0 Å². The highest BCUT2D eigenvalue weighted by Crippen LogP contribution is 2.52. The maximum Gasteiger partial charge on any atom is 0.143 e. The average Bonchev–Trinajstić information content (AvgIpc) is 3.64. The van der Waals surface area contributed by atoms with Gasteiger partial charge in [-0.15, -0.1) is 0 Å². The number of fused-ring (bicyclic) bond motifs is 9. The van der Waals surface area contributed by atoms with E-state index in [1.54, 1.807) is 0 Å². The predicted octanol–water partition coefficient (Wildman–Crippen LogP) is 13.3. The van der Waals surface area contributed by atoms with Gasteiger partial charge in [0.15, 0.2) is 0 Å². The minimum absolute atomic E-state index is 0.108. The Kier molecular flexibility index (Phi) is 5.95. The molecule has 0 N–H and O–H groups in total. The van der Waals surface area contributed by atoms with Gasteiger partial charge in [0.1, 0.15) is 11.2 Å². The van der Waals surface area contributed by atoms with Crippen molar-refractivity contribution in [3.63, 3.8) is 0 Å². The normalized spacial score (nSPS) is 13.3. The number of hydrogen-bond donors (Lipinski definition) is 0. The molecule has 2 heteroatoms. The molecule has 0 atom stereocenters. The number of para-hydroxylation sites is 1. The van der Waals surface area contributed by atoms with E-state index in [4.69, 9.17) is 4.42 Å². The Morgan fingerprint density at radius 1 is 0.449 bits per heavy atom. The Labute approximate surface area is 285 Å². The van der Waals surface area contributed by atoms with Crippen LogP contribution in [0.1, 0.15) is 25.0 Å². The molecule has 1 heterocycles. The van der Waals surface area contributed by atoms with Crippen LogP contribution in [-0.2, 0) is 5.41 Å². The maximum absolute atomic E-state index is 6.50. The lowest BCUT2D eigenvalue weighted by molar-refractivity contribution is 0.660. The monoisotopic (exact) mass is 627 g/mol. The molecule has 1 aliphatic rings. The summed E-state index contributed by atoms with van der Waals surface area (Å²) in [5.41, 5.74) is 12.9. The van der Waals surface area contributed by atoms with E-state index < -0.39 is 0 Å². The van der Waals surface area contributed by atoms with Crippen LogP contribution >= 0.6 is 0 Å². The molecule has 0 saturated carbocycles. The molecule has 8 aromatic carbocycles. The number of benzene rings is 8. The van der Waals surface area contributed by atoms with E-state index in [1.165, 1.54) is 38.4 Å². The zero-order valence-corrected chi connectivity index (χ0v) is 27.4. The van der Waals surface area contributed by atoms with Gasteiger partial charge in [-0.2, -0.15) is 0 Å². The van der Waals surface area contributed by atoms with Gasteiger partial charge in [-0.3, -0.25) is 0 Å². The number of furan rings is 1. The molecule has 0 unspecified atom stereocenters. The lowest BCUT2D eigenvalue weighted by atomic mass is 9.82. The first-order valence-electron chi connectivity index (χ1n) is 17.0. The zero-order valence-electron chi connectivity index (χ0n) is 27.4. The summed E-state index contributed by atoms with van der Waals surface area (Å²) < 4.78 is 6.50. The first-order chi connectivity index (χ1) is 24.1. The van der Waals surface area contributed by atoms with Crippen molar-refractivity contribution in [2.75, 3.05) is 4.90 Å². The van der Waals surface area contributed by atoms with Gasteiger partial charge >= 0.3 is 0 Å². The molecule has 49 heavy (non-hydrogen) atoms. The molecule has 0 bridgehead atoms. The number of hydrogen-bond acceptors (Lipinski definition) is 2. The van der Waals surface area contributed by atoms with Gasteiger partial charge in [0.05, 0.1) is 11.4 Å². The van der Waals surface area contributed by atoms with Gasteiger partial charge in [0, 0.05) is 38.2 Å². The average molecular weight is 628 g/mol. The van der Waals surface area contributed by atoms with Crippen LogP contribution in [-0.4, -0.2) is 0 Å². The second-order valence-corrected chi connectivity index (χ2v) is 13.7. The Balaban J connectivity index is 1.21. The summed E-state index contributed by atoms with van der Waals surface area (Å²) in [6.45, 7) is 4.70. The first kappa shape index (κ1) is 27.9. The van der Waals surface area contributed by atoms with Gasteiger partial charge in [-0.1, -0.05) is 135 Å². The van der Waals surface area contributed by atoms with Crippen LogP contribution in [0.15, 0.2) is 168 Å². The van der Waals surface area contributed by atoms with Crippen LogP contribution in [0.2, 0.25) is 0 Å². The van der Waals surface area contributed by atoms with Crippen molar-refractivity contribution in [1.82, 2.24) is 0 Å². The molecule has 9 aromatic rings. The quantitative estimate of drug-likeness (QED) is 0.193. The van der Waals surface area contributed by atoms with Gasteiger partial charge in [0.25, 0.3) is 0 Å². The molecule has 232 valence electrons. The van der Waals surface area contributed by atoms with Gasteiger partial charge < -0.3 is 9.32 Å². The van der Waals surface area contributed by atoms with Crippen molar-refractivity contribution in [2.45, 2.75) is 19.3 Å². The van der Waals surface area contributed by atoms with E-state index in [1.807, 2.05) is 0 Å². The van der Waals surface area contributed by atoms with Gasteiger partial charge in [-0.05, 0) is 81.1 Å². The van der Waals surface area contributed by atoms with Crippen LogP contribution in [0.4, 0.5) is 17.1 Å². The van der Waals surface area contributed by atoms with Gasteiger partial charge in [-0.25, -0.2) is 0 Å². The van der Waals surface area contributed by atoms with E-state index in [0.717, 1.165) is 55.5 Å². The van der Waals surface area contributed by atoms with Crippen LogP contribution in [0.3, 0.4) is 0 Å². The molecule has 0 saturated heterocycles. The predicted molar refractivity (Wildman–Crippen MR) is 206 cm³/mol. The number of nitrogens with zero attached hydrogens (tertiary/aromatic N) is 1. The topological polar surface area (TPSA) is 16.4 Å². The van der Waals surface area contributed by atoms with Crippen molar-refractivity contribution >= 4 is 60.5 Å². The fourth-order valence-electron chi connectivity index (χ4n) is 8.23. The third-order valence-corrected chi connectivity index (χ3v) is 10.7. The Morgan fingerprint density at radius 2 is 1.12 bits per heavy atom. The molecular weight excluding hydrogens is 595 g/mol. The third-order valence-electron chi connectivity index (χ3n) is 10.7. The van der Waals surface area contributed by atoms with Gasteiger partial charge in [0.2, 0.25) is 0 Å². The van der Waals surface area contributed by atoms with Crippen molar-refractivity contribution in [3.8, 4) is 22.3 Å². The molecule has 1 aliphatic carbocycles. The largest absolute Gasteiger partial charge is 0.455 e. The maximum atomic E-state index is 6.50. The molecule has 1 aromatic heterocycles. The van der Waals surface area contributed by atoms with Crippen LogP contribution in [0.25, 0.3) is 65.7 Å². The van der Waals surface area contributed by atoms with Crippen LogP contribution in [0.5, 0.6) is 0 Å². The third kappa shape index (κ3) is 4.14. The standard InChI is InChI=1S/C47H33NO/c1-47(2)41-19-9-7-18-37(41)38-26-24-33(29-42(38)47)48(44-21-11-14-30-12-3-5-15-34(30)44)43-20-10-8-16-35(43)32-23-27-45-40(28-32)39-25-22-31-13-4-6-17-36(31)46(39)49-45/h3-29H,1-2H3. The summed E-state index contributed by atoms with van der Waals surface area (Å²) in [7, 11) is 0. The lowest BCUT2D eigenvalue weighted by Gasteiger charge is -2.30. The molecule has 0 radical (unpaired) electrons. The van der Waals surface area contributed by atoms with Crippen molar-refractivity contribution < 1.29 is 4.42 Å². The molecule has 2 nitrogen and oxygen atoms in total. The summed E-state index contributed by atoms with van der Waals surface area (Å²) in [5, 5.41) is 7.02. The molecule has 10 rings (SSSR count). The van der Waals surface area contributed by atoms with Crippen molar-refractivity contribution in [3.05, 3.63) is 175 Å². The van der Waals surface area contributed by atoms with Crippen molar-refractivity contribution in [1.29, 1.82) is 0 Å². The summed E-state index contributed by atoms with van der Waals surface area (Å²) in [5.74, 6) is 0. The van der Waals surface area contributed by atoms with E-state index in [2.05, 4.69) is 183 Å². The minimum atomic E-state index is -0.108. The SMILES string of the molecule is CC1(C)c2ccccc2-c2ccc(N(c3ccccc3-c3ccc4oc5c6ccccc6ccc5c4c3)c3cccc4ccccc34)cc21. The molecular formula is C47H33NO. The van der Waals surface area contributed by atoms with Crippen LogP contribution in [0, 0.1) is 0 Å². The summed E-state index contributed by atoms with van der Waals surface area (Å²) >= 11 is 0. The molecule has 0 amide bonds. The number of rotatable bonds is 4. The minimum Gasteiger partial charge on any atom is -0.455 e. The van der Waals surface area contributed by atoms with E-state index in [-0.39, 0.29) is 5.41 Å². The Hall–Kier alpha value is -6.12. The van der Waals surface area contributed by atoms with E-state index in [9.17, 15) is 0 Å². The fourth-order valence-corrected chi connectivity index (χ4v) is 8.23. The highest BCUT2D eigenvalue weighted by Gasteiger charge is 2.36. The lowest BCUT2D eigenvalue weighted by Crippen LogP contribution is -2.17. The summed E-state index contributed by atoms with van der Waals surface area (Å²) in [6, 6.07) is 59.5. The molecule has 0 spiro atoms. The fraction of sp³-hybridized carbons (Fsp3) is 0.0638. The molecule has 0 aliphatic heterocycles. The highest BCUT2D eigenvalue weighted by molar-refractivity contribution is 6.16. The smallest absolute Gasteiger partial charge is 0.143 e. The summed E-state index contributed by atoms with van der Waals surface area (Å²) in [6.07, 6.45) is 0. The summed E-state index contributed by atoms with van der Waals surface area (Å²) in [4.78, 5) is 2.46. The van der Waals surface area contributed by atoms with Crippen LogP contribution < -0.4 is 4.90 Å².